The van der Waals surface area contributed by atoms with Crippen LogP contribution in [-0.2, 0) is 5.60 Å². The number of halogens is 2. The zero-order chi connectivity index (χ0) is 24.7. The van der Waals surface area contributed by atoms with E-state index in [1.54, 1.807) is 36.8 Å². The van der Waals surface area contributed by atoms with Crippen LogP contribution in [0.25, 0.3) is 16.8 Å². The van der Waals surface area contributed by atoms with Crippen molar-refractivity contribution in [2.75, 3.05) is 23.3 Å². The Hall–Kier alpha value is -3.66. The molecule has 4 heterocycles. The zero-order valence-corrected chi connectivity index (χ0v) is 19.8. The molecule has 0 amide bonds. The minimum atomic E-state index is -1.18. The molecule has 1 aromatic carbocycles. The van der Waals surface area contributed by atoms with E-state index in [0.29, 0.717) is 28.4 Å². The van der Waals surface area contributed by atoms with E-state index < -0.39 is 17.2 Å². The molecule has 1 aliphatic heterocycles. The first-order valence-electron chi connectivity index (χ1n) is 11.6. The van der Waals surface area contributed by atoms with Crippen molar-refractivity contribution >= 4 is 17.4 Å². The fourth-order valence-electron chi connectivity index (χ4n) is 4.42. The van der Waals surface area contributed by atoms with Crippen LogP contribution in [0.4, 0.5) is 20.5 Å². The number of anilines is 2. The summed E-state index contributed by atoms with van der Waals surface area (Å²) in [5.74, 6) is -0.504. The molecule has 8 nitrogen and oxygen atoms in total. The standard InChI is InChI=1S/C25H27F2N7O/c1-15-12-22(29-14-28-15)33-10-8-17(9-11-33)30-24-31-23-18(16-4-6-19(26)20(27)13-16)5-7-21(25(2,3)35)34(23)32-24/h4-7,12-14,17,35H,8-11H2,1-3H3,(H,30,32). The number of fused-ring (bicyclic) bond motifs is 1. The Morgan fingerprint density at radius 3 is 2.49 bits per heavy atom. The quantitative estimate of drug-likeness (QED) is 0.446. The molecule has 35 heavy (non-hydrogen) atoms. The van der Waals surface area contributed by atoms with Crippen molar-refractivity contribution in [2.24, 2.45) is 0 Å². The Morgan fingerprint density at radius 2 is 1.80 bits per heavy atom. The molecule has 0 radical (unpaired) electrons. The van der Waals surface area contributed by atoms with E-state index in [9.17, 15) is 13.9 Å². The molecule has 0 aliphatic carbocycles. The van der Waals surface area contributed by atoms with Gasteiger partial charge in [0, 0.05) is 36.5 Å². The molecule has 1 saturated heterocycles. The fourth-order valence-corrected chi connectivity index (χ4v) is 4.42. The number of piperidine rings is 1. The SMILES string of the molecule is Cc1cc(N2CCC(Nc3nc4c(-c5ccc(F)c(F)c5)ccc(C(C)(C)O)n4n3)CC2)ncn1. The number of benzene rings is 1. The van der Waals surface area contributed by atoms with Crippen molar-refractivity contribution < 1.29 is 13.9 Å². The number of nitrogens with zero attached hydrogens (tertiary/aromatic N) is 6. The lowest BCUT2D eigenvalue weighted by Gasteiger charge is -2.32. The van der Waals surface area contributed by atoms with E-state index in [4.69, 9.17) is 0 Å². The fraction of sp³-hybridized carbons (Fsp3) is 0.360. The first kappa shape index (κ1) is 23.1. The molecule has 3 aromatic heterocycles. The molecule has 0 unspecified atom stereocenters. The third-order valence-corrected chi connectivity index (χ3v) is 6.28. The first-order valence-corrected chi connectivity index (χ1v) is 11.6. The topological polar surface area (TPSA) is 91.5 Å². The van der Waals surface area contributed by atoms with E-state index in [1.165, 1.54) is 6.07 Å². The average molecular weight is 480 g/mol. The molecule has 0 saturated carbocycles. The van der Waals surface area contributed by atoms with Gasteiger partial charge in [0.25, 0.3) is 0 Å². The molecule has 0 bridgehead atoms. The molecule has 0 spiro atoms. The lowest BCUT2D eigenvalue weighted by Crippen LogP contribution is -2.39. The summed E-state index contributed by atoms with van der Waals surface area (Å²) < 4.78 is 29.0. The van der Waals surface area contributed by atoms with Crippen LogP contribution in [0.5, 0.6) is 0 Å². The number of hydrogen-bond donors (Lipinski definition) is 2. The predicted molar refractivity (Wildman–Crippen MR) is 129 cm³/mol. The molecular weight excluding hydrogens is 452 g/mol. The van der Waals surface area contributed by atoms with Gasteiger partial charge in [-0.15, -0.1) is 5.10 Å². The molecule has 0 atom stereocenters. The van der Waals surface area contributed by atoms with E-state index in [-0.39, 0.29) is 6.04 Å². The molecular formula is C25H27F2N7O. The summed E-state index contributed by atoms with van der Waals surface area (Å²) in [6, 6.07) is 9.34. The number of hydrogen-bond acceptors (Lipinski definition) is 7. The molecule has 10 heteroatoms. The number of rotatable bonds is 5. The van der Waals surface area contributed by atoms with Crippen LogP contribution in [0, 0.1) is 18.6 Å². The summed E-state index contributed by atoms with van der Waals surface area (Å²) >= 11 is 0. The van der Waals surface area contributed by atoms with Crippen molar-refractivity contribution in [3.8, 4) is 11.1 Å². The number of nitrogens with one attached hydrogen (secondary N) is 1. The molecule has 182 valence electrons. The third kappa shape index (κ3) is 4.66. The van der Waals surface area contributed by atoms with Crippen LogP contribution in [-0.4, -0.2) is 48.8 Å². The smallest absolute Gasteiger partial charge is 0.243 e. The number of aliphatic hydroxyl groups is 1. The summed E-state index contributed by atoms with van der Waals surface area (Å²) in [4.78, 5) is 15.4. The number of aromatic nitrogens is 5. The maximum Gasteiger partial charge on any atom is 0.243 e. The van der Waals surface area contributed by atoms with Gasteiger partial charge in [-0.25, -0.2) is 23.3 Å². The maximum atomic E-state index is 13.9. The van der Waals surface area contributed by atoms with Gasteiger partial charge in [-0.2, -0.15) is 4.98 Å². The summed E-state index contributed by atoms with van der Waals surface area (Å²) in [6.07, 6.45) is 3.32. The van der Waals surface area contributed by atoms with Gasteiger partial charge in [0.2, 0.25) is 5.95 Å². The summed E-state index contributed by atoms with van der Waals surface area (Å²) in [7, 11) is 0. The van der Waals surface area contributed by atoms with Crippen LogP contribution in [0.1, 0.15) is 38.1 Å². The summed E-state index contributed by atoms with van der Waals surface area (Å²) in [6.45, 7) is 6.94. The molecule has 2 N–H and O–H groups in total. The Balaban J connectivity index is 1.42. The normalized spacial score (nSPS) is 15.1. The summed E-state index contributed by atoms with van der Waals surface area (Å²) in [5, 5.41) is 18.7. The lowest BCUT2D eigenvalue weighted by molar-refractivity contribution is 0.0715. The molecule has 4 aromatic rings. The van der Waals surface area contributed by atoms with E-state index in [1.807, 2.05) is 13.0 Å². The van der Waals surface area contributed by atoms with Gasteiger partial charge >= 0.3 is 0 Å². The molecule has 1 fully saturated rings. The number of pyridine rings is 1. The second-order valence-electron chi connectivity index (χ2n) is 9.41. The average Bonchev–Trinajstić information content (AvgIpc) is 3.23. The second-order valence-corrected chi connectivity index (χ2v) is 9.41. The Kier molecular flexibility index (Phi) is 5.84. The lowest BCUT2D eigenvalue weighted by atomic mass is 10.0. The van der Waals surface area contributed by atoms with Crippen LogP contribution < -0.4 is 10.2 Å². The Morgan fingerprint density at radius 1 is 1.03 bits per heavy atom. The van der Waals surface area contributed by atoms with Gasteiger partial charge in [0.05, 0.1) is 5.69 Å². The first-order chi connectivity index (χ1) is 16.7. The monoisotopic (exact) mass is 479 g/mol. The van der Waals surface area contributed by atoms with E-state index in [0.717, 1.165) is 49.6 Å². The predicted octanol–water partition coefficient (Wildman–Crippen LogP) is 4.08. The highest BCUT2D eigenvalue weighted by atomic mass is 19.2. The third-order valence-electron chi connectivity index (χ3n) is 6.28. The highest BCUT2D eigenvalue weighted by molar-refractivity contribution is 5.78. The van der Waals surface area contributed by atoms with Crippen LogP contribution in [0.2, 0.25) is 0 Å². The van der Waals surface area contributed by atoms with Crippen molar-refractivity contribution in [3.63, 3.8) is 0 Å². The van der Waals surface area contributed by atoms with Gasteiger partial charge in [-0.1, -0.05) is 6.07 Å². The second kappa shape index (κ2) is 8.84. The minimum absolute atomic E-state index is 0.156. The van der Waals surface area contributed by atoms with Crippen LogP contribution >= 0.6 is 0 Å². The van der Waals surface area contributed by atoms with Gasteiger partial charge in [-0.3, -0.25) is 0 Å². The van der Waals surface area contributed by atoms with Crippen LogP contribution in [0.15, 0.2) is 42.7 Å². The number of aryl methyl sites for hydroxylation is 1. The highest BCUT2D eigenvalue weighted by Crippen LogP contribution is 2.30. The van der Waals surface area contributed by atoms with Crippen molar-refractivity contribution in [1.29, 1.82) is 0 Å². The zero-order valence-electron chi connectivity index (χ0n) is 19.8. The van der Waals surface area contributed by atoms with Crippen molar-refractivity contribution in [2.45, 2.75) is 45.3 Å². The summed E-state index contributed by atoms with van der Waals surface area (Å²) in [5.41, 5.74) is 1.80. The van der Waals surface area contributed by atoms with Crippen LogP contribution in [0.3, 0.4) is 0 Å². The maximum absolute atomic E-state index is 13.9. The largest absolute Gasteiger partial charge is 0.384 e. The molecule has 5 rings (SSSR count). The Bertz CT molecular complexity index is 1370. The van der Waals surface area contributed by atoms with Gasteiger partial charge in [0.1, 0.15) is 17.7 Å². The molecule has 1 aliphatic rings. The van der Waals surface area contributed by atoms with Crippen molar-refractivity contribution in [1.82, 2.24) is 24.6 Å². The highest BCUT2D eigenvalue weighted by Gasteiger charge is 2.25. The van der Waals surface area contributed by atoms with Gasteiger partial charge < -0.3 is 15.3 Å². The van der Waals surface area contributed by atoms with E-state index in [2.05, 4.69) is 30.3 Å². The van der Waals surface area contributed by atoms with Crippen molar-refractivity contribution in [3.05, 3.63) is 65.7 Å². The minimum Gasteiger partial charge on any atom is -0.384 e. The van der Waals surface area contributed by atoms with Gasteiger partial charge in [0.15, 0.2) is 17.3 Å². The Labute approximate surface area is 201 Å². The van der Waals surface area contributed by atoms with E-state index >= 15 is 0 Å². The van der Waals surface area contributed by atoms with Gasteiger partial charge in [-0.05, 0) is 63.4 Å².